The van der Waals surface area contributed by atoms with Gasteiger partial charge in [0.2, 0.25) is 0 Å². The minimum Gasteiger partial charge on any atom is -0.307 e. The molecule has 9 heteroatoms. The Kier molecular flexibility index (Phi) is 5.35. The molecule has 5 rings (SSSR count). The Hall–Kier alpha value is -2.23. The lowest BCUT2D eigenvalue weighted by atomic mass is 9.99. The zero-order valence-corrected chi connectivity index (χ0v) is 19.2. The van der Waals surface area contributed by atoms with Crippen LogP contribution in [0.2, 0.25) is 0 Å². The standard InChI is InChI=1S/C22H26N4O3S2/c1-26-10-8-19-18(13-26)23-20(30-19)9-11-31(28,29)25-22(27)24-21-16-6-2-4-14(16)12-15-5-3-7-17(15)21/h9,11-12H,2-8,10,13H2,1H3,(H2,24,25,27)/b11-9+. The third-order valence-corrected chi connectivity index (χ3v) is 8.36. The normalized spacial score (nSPS) is 18.1. The smallest absolute Gasteiger partial charge is 0.307 e. The van der Waals surface area contributed by atoms with E-state index in [-0.39, 0.29) is 0 Å². The van der Waals surface area contributed by atoms with Crippen molar-refractivity contribution in [3.8, 4) is 0 Å². The molecule has 0 bridgehead atoms. The number of carbonyl (C=O) groups excluding carboxylic acids is 1. The first-order chi connectivity index (χ1) is 14.9. The lowest BCUT2D eigenvalue weighted by Crippen LogP contribution is -2.33. The second-order valence-electron chi connectivity index (χ2n) is 8.55. The van der Waals surface area contributed by atoms with Crippen molar-refractivity contribution in [2.75, 3.05) is 18.9 Å². The third-order valence-electron chi connectivity index (χ3n) is 6.27. The second kappa shape index (κ2) is 8.03. The van der Waals surface area contributed by atoms with Crippen molar-refractivity contribution in [2.45, 2.75) is 51.5 Å². The van der Waals surface area contributed by atoms with Crippen LogP contribution in [-0.2, 0) is 48.7 Å². The van der Waals surface area contributed by atoms with Crippen LogP contribution in [0.3, 0.4) is 0 Å². The maximum atomic E-state index is 12.6. The highest BCUT2D eigenvalue weighted by molar-refractivity contribution is 7.93. The van der Waals surface area contributed by atoms with Crippen LogP contribution in [0.5, 0.6) is 0 Å². The van der Waals surface area contributed by atoms with Crippen molar-refractivity contribution in [3.63, 3.8) is 0 Å². The predicted octanol–water partition coefficient (Wildman–Crippen LogP) is 3.23. The highest BCUT2D eigenvalue weighted by Gasteiger charge is 2.25. The molecule has 0 saturated carbocycles. The van der Waals surface area contributed by atoms with Crippen molar-refractivity contribution in [3.05, 3.63) is 49.3 Å². The summed E-state index contributed by atoms with van der Waals surface area (Å²) in [5, 5.41) is 4.53. The maximum Gasteiger partial charge on any atom is 0.333 e. The molecular weight excluding hydrogens is 432 g/mol. The number of amides is 2. The number of rotatable bonds is 4. The highest BCUT2D eigenvalue weighted by Crippen LogP contribution is 2.38. The summed E-state index contributed by atoms with van der Waals surface area (Å²) >= 11 is 1.51. The average molecular weight is 459 g/mol. The molecule has 31 heavy (non-hydrogen) atoms. The molecule has 0 unspecified atom stereocenters. The van der Waals surface area contributed by atoms with E-state index in [9.17, 15) is 13.2 Å². The molecule has 0 fully saturated rings. The number of carbonyl (C=O) groups is 1. The largest absolute Gasteiger partial charge is 0.333 e. The first kappa shape index (κ1) is 20.7. The SMILES string of the molecule is CN1CCc2sc(/C=C/S(=O)(=O)NC(=O)Nc3c4c(cc5c3CCC5)CCC4)nc2C1. The minimum absolute atomic E-state index is 0.643. The lowest BCUT2D eigenvalue weighted by Gasteiger charge is -2.20. The molecule has 0 saturated heterocycles. The molecule has 1 aliphatic heterocycles. The number of likely N-dealkylation sites (N-methyl/N-ethyl adjacent to an activating group) is 1. The van der Waals surface area contributed by atoms with Crippen LogP contribution in [0.1, 0.15) is 50.7 Å². The van der Waals surface area contributed by atoms with Crippen LogP contribution in [0.4, 0.5) is 10.5 Å². The number of anilines is 1. The fourth-order valence-electron chi connectivity index (χ4n) is 4.84. The van der Waals surface area contributed by atoms with E-state index in [0.29, 0.717) is 5.01 Å². The minimum atomic E-state index is -3.93. The van der Waals surface area contributed by atoms with Crippen molar-refractivity contribution >= 4 is 39.2 Å². The van der Waals surface area contributed by atoms with E-state index in [1.807, 2.05) is 7.05 Å². The van der Waals surface area contributed by atoms with Gasteiger partial charge in [0.05, 0.1) is 11.1 Å². The Bertz CT molecular complexity index is 1150. The third kappa shape index (κ3) is 4.26. The summed E-state index contributed by atoms with van der Waals surface area (Å²) in [4.78, 5) is 20.5. The summed E-state index contributed by atoms with van der Waals surface area (Å²) in [6.07, 6.45) is 8.43. The molecule has 0 radical (unpaired) electrons. The van der Waals surface area contributed by atoms with Gasteiger partial charge in [-0.15, -0.1) is 11.3 Å². The summed E-state index contributed by atoms with van der Waals surface area (Å²) < 4.78 is 27.1. The monoisotopic (exact) mass is 458 g/mol. The molecule has 0 atom stereocenters. The quantitative estimate of drug-likeness (QED) is 0.734. The summed E-state index contributed by atoms with van der Waals surface area (Å²) in [5.41, 5.74) is 6.75. The van der Waals surface area contributed by atoms with E-state index < -0.39 is 16.1 Å². The molecule has 2 N–H and O–H groups in total. The van der Waals surface area contributed by atoms with Crippen molar-refractivity contribution in [1.82, 2.24) is 14.6 Å². The molecule has 2 aliphatic carbocycles. The predicted molar refractivity (Wildman–Crippen MR) is 123 cm³/mol. The number of aromatic nitrogens is 1. The van der Waals surface area contributed by atoms with Crippen LogP contribution in [0.25, 0.3) is 6.08 Å². The molecule has 2 aromatic rings. The van der Waals surface area contributed by atoms with Crippen LogP contribution in [0, 0.1) is 0 Å². The number of sulfonamides is 1. The van der Waals surface area contributed by atoms with Gasteiger partial charge in [-0.05, 0) is 80.3 Å². The van der Waals surface area contributed by atoms with E-state index in [1.54, 1.807) is 0 Å². The summed E-state index contributed by atoms with van der Waals surface area (Å²) in [6.45, 7) is 1.75. The highest BCUT2D eigenvalue weighted by atomic mass is 32.2. The maximum absolute atomic E-state index is 12.6. The second-order valence-corrected chi connectivity index (χ2v) is 11.2. The van der Waals surface area contributed by atoms with Gasteiger partial charge >= 0.3 is 6.03 Å². The zero-order valence-electron chi connectivity index (χ0n) is 17.5. The van der Waals surface area contributed by atoms with Gasteiger partial charge in [0, 0.05) is 23.7 Å². The number of nitrogens with one attached hydrogen (secondary N) is 2. The fraction of sp³-hybridized carbons (Fsp3) is 0.455. The molecule has 164 valence electrons. The van der Waals surface area contributed by atoms with E-state index in [0.717, 1.165) is 74.8 Å². The summed E-state index contributed by atoms with van der Waals surface area (Å²) in [6, 6.07) is 1.57. The number of aryl methyl sites for hydroxylation is 2. The molecule has 7 nitrogen and oxygen atoms in total. The van der Waals surface area contributed by atoms with Gasteiger partial charge in [-0.3, -0.25) is 0 Å². The molecule has 2 heterocycles. The summed E-state index contributed by atoms with van der Waals surface area (Å²) in [7, 11) is -1.88. The van der Waals surface area contributed by atoms with E-state index in [1.165, 1.54) is 44.5 Å². The number of fused-ring (bicyclic) bond motifs is 3. The average Bonchev–Trinajstić information content (AvgIpc) is 3.44. The Labute approximate surface area is 186 Å². The molecule has 1 aromatic heterocycles. The van der Waals surface area contributed by atoms with E-state index in [2.05, 4.69) is 26.0 Å². The fourth-order valence-corrected chi connectivity index (χ4v) is 6.58. The number of hydrogen-bond donors (Lipinski definition) is 2. The number of nitrogens with zero attached hydrogens (tertiary/aromatic N) is 2. The van der Waals surface area contributed by atoms with Crippen LogP contribution < -0.4 is 10.0 Å². The van der Waals surface area contributed by atoms with E-state index >= 15 is 0 Å². The molecule has 0 spiro atoms. The van der Waals surface area contributed by atoms with Crippen LogP contribution in [0.15, 0.2) is 11.5 Å². The van der Waals surface area contributed by atoms with Gasteiger partial charge in [0.25, 0.3) is 10.0 Å². The van der Waals surface area contributed by atoms with Crippen molar-refractivity contribution in [2.24, 2.45) is 0 Å². The van der Waals surface area contributed by atoms with Crippen LogP contribution >= 0.6 is 11.3 Å². The first-order valence-corrected chi connectivity index (χ1v) is 13.1. The Balaban J connectivity index is 1.29. The first-order valence-electron chi connectivity index (χ1n) is 10.7. The van der Waals surface area contributed by atoms with Gasteiger partial charge in [0.15, 0.2) is 0 Å². The number of thiazole rings is 1. The Morgan fingerprint density at radius 3 is 2.55 bits per heavy atom. The molecular formula is C22H26N4O3S2. The van der Waals surface area contributed by atoms with Crippen LogP contribution in [-0.4, -0.2) is 37.9 Å². The topological polar surface area (TPSA) is 91.4 Å². The summed E-state index contributed by atoms with van der Waals surface area (Å²) in [5.74, 6) is 0. The van der Waals surface area contributed by atoms with E-state index in [4.69, 9.17) is 0 Å². The molecule has 3 aliphatic rings. The Morgan fingerprint density at radius 1 is 1.13 bits per heavy atom. The van der Waals surface area contributed by atoms with Gasteiger partial charge in [-0.25, -0.2) is 22.9 Å². The molecule has 2 amide bonds. The number of benzene rings is 1. The lowest BCUT2D eigenvalue weighted by molar-refractivity contribution is 0.256. The van der Waals surface area contributed by atoms with Gasteiger partial charge < -0.3 is 10.2 Å². The van der Waals surface area contributed by atoms with Gasteiger partial charge in [0.1, 0.15) is 5.01 Å². The van der Waals surface area contributed by atoms with Gasteiger partial charge in [-0.1, -0.05) is 6.07 Å². The molecule has 1 aromatic carbocycles. The Morgan fingerprint density at radius 2 is 1.84 bits per heavy atom. The van der Waals surface area contributed by atoms with Crippen molar-refractivity contribution in [1.29, 1.82) is 0 Å². The van der Waals surface area contributed by atoms with Gasteiger partial charge in [-0.2, -0.15) is 0 Å². The number of urea groups is 1. The van der Waals surface area contributed by atoms with Crippen molar-refractivity contribution < 1.29 is 13.2 Å². The number of hydrogen-bond acceptors (Lipinski definition) is 6. The zero-order chi connectivity index (χ0) is 21.6.